The van der Waals surface area contributed by atoms with Crippen LogP contribution in [0, 0.1) is 19.8 Å². The van der Waals surface area contributed by atoms with Crippen LogP contribution >= 0.6 is 11.3 Å². The summed E-state index contributed by atoms with van der Waals surface area (Å²) < 4.78 is 25.5. The first-order valence-corrected chi connectivity index (χ1v) is 13.2. The molecular formula is C22H27N5O4S2. The number of fused-ring (bicyclic) bond motifs is 2. The van der Waals surface area contributed by atoms with E-state index < -0.39 is 17.0 Å². The summed E-state index contributed by atoms with van der Waals surface area (Å²) in [6.45, 7) is 7.59. The van der Waals surface area contributed by atoms with E-state index in [1.165, 1.54) is 0 Å². The Labute approximate surface area is 199 Å². The number of pyridine rings is 1. The summed E-state index contributed by atoms with van der Waals surface area (Å²) >= 11 is 0.199. The molecule has 0 spiro atoms. The molecule has 0 aromatic carbocycles. The lowest BCUT2D eigenvalue weighted by molar-refractivity contribution is -0.158. The largest absolute Gasteiger partial charge is 0.609 e. The smallest absolute Gasteiger partial charge is 0.344 e. The van der Waals surface area contributed by atoms with Crippen molar-refractivity contribution in [1.29, 1.82) is 0 Å². The summed E-state index contributed by atoms with van der Waals surface area (Å²) in [5, 5.41) is 14.5. The maximum atomic E-state index is 12.2. The second-order valence-electron chi connectivity index (χ2n) is 9.03. The molecule has 5 rings (SSSR count). The van der Waals surface area contributed by atoms with Crippen molar-refractivity contribution in [1.82, 2.24) is 19.9 Å². The second-order valence-corrected chi connectivity index (χ2v) is 11.3. The summed E-state index contributed by atoms with van der Waals surface area (Å²) in [5.41, 5.74) is 3.17. The maximum absolute atomic E-state index is 12.2. The lowest BCUT2D eigenvalue weighted by atomic mass is 10.1. The Balaban J connectivity index is 1.58. The Hall–Kier alpha value is -1.89. The minimum absolute atomic E-state index is 0.0167. The van der Waals surface area contributed by atoms with E-state index in [1.54, 1.807) is 23.8 Å². The lowest BCUT2D eigenvalue weighted by Gasteiger charge is -2.24. The summed E-state index contributed by atoms with van der Waals surface area (Å²) in [5.74, 6) is -0.203. The highest BCUT2D eigenvalue weighted by atomic mass is 32.2. The number of aliphatic hydroxyl groups is 1. The molecule has 33 heavy (non-hydrogen) atoms. The molecule has 3 aromatic rings. The van der Waals surface area contributed by atoms with Gasteiger partial charge in [0.15, 0.2) is 5.79 Å². The number of hydrogen-bond donors (Lipinski definition) is 2. The van der Waals surface area contributed by atoms with Gasteiger partial charge in [-0.05, 0) is 40.2 Å². The van der Waals surface area contributed by atoms with Crippen molar-refractivity contribution in [3.63, 3.8) is 0 Å². The van der Waals surface area contributed by atoms with Crippen LogP contribution < -0.4 is 5.32 Å². The van der Waals surface area contributed by atoms with Crippen molar-refractivity contribution in [3.05, 3.63) is 23.7 Å². The predicted molar refractivity (Wildman–Crippen MR) is 127 cm³/mol. The molecular weight excluding hydrogens is 462 g/mol. The molecule has 176 valence electrons. The van der Waals surface area contributed by atoms with Crippen LogP contribution in [-0.2, 0) is 20.6 Å². The van der Waals surface area contributed by atoms with Gasteiger partial charge < -0.3 is 24.4 Å². The first-order valence-electron chi connectivity index (χ1n) is 10.8. The number of anilines is 1. The Morgan fingerprint density at radius 2 is 1.97 bits per heavy atom. The third kappa shape index (κ3) is 4.11. The monoisotopic (exact) mass is 489 g/mol. The number of aryl methyl sites for hydroxylation is 2. The molecule has 1 saturated carbocycles. The maximum Gasteiger partial charge on any atom is 0.344 e. The molecule has 9 nitrogen and oxygen atoms in total. The van der Waals surface area contributed by atoms with Gasteiger partial charge in [-0.15, -0.1) is 11.3 Å². The van der Waals surface area contributed by atoms with Crippen LogP contribution in [0.2, 0.25) is 0 Å². The number of rotatable bonds is 5. The van der Waals surface area contributed by atoms with Crippen molar-refractivity contribution >= 4 is 38.5 Å². The van der Waals surface area contributed by atoms with Crippen LogP contribution in [0.15, 0.2) is 17.4 Å². The number of ether oxygens (including phenoxy) is 2. The number of thiazole rings is 1. The SMILES string of the molecule is Cc1nc([S+](C)[O-])nc(N[C@@H]2C[C@H](CO)[C@H]3OC(C)(C)O[C@H]32)c1-c1nc2c(C)nccc2s1. The zero-order valence-electron chi connectivity index (χ0n) is 19.2. The van der Waals surface area contributed by atoms with Gasteiger partial charge in [0.25, 0.3) is 0 Å². The number of nitrogens with zero attached hydrogens (tertiary/aromatic N) is 4. The highest BCUT2D eigenvalue weighted by molar-refractivity contribution is 7.90. The Kier molecular flexibility index (Phi) is 5.82. The lowest BCUT2D eigenvalue weighted by Crippen LogP contribution is -2.35. The molecule has 0 amide bonds. The van der Waals surface area contributed by atoms with Gasteiger partial charge in [-0.25, -0.2) is 4.98 Å². The minimum atomic E-state index is -1.35. The van der Waals surface area contributed by atoms with E-state index in [4.69, 9.17) is 14.5 Å². The van der Waals surface area contributed by atoms with Gasteiger partial charge in [-0.1, -0.05) is 0 Å². The van der Waals surface area contributed by atoms with Gasteiger partial charge in [0.1, 0.15) is 28.7 Å². The van der Waals surface area contributed by atoms with E-state index in [0.717, 1.165) is 26.5 Å². The first kappa shape index (κ1) is 22.9. The van der Waals surface area contributed by atoms with Crippen LogP contribution in [0.3, 0.4) is 0 Å². The Morgan fingerprint density at radius 1 is 1.21 bits per heavy atom. The molecule has 1 unspecified atom stereocenters. The van der Waals surface area contributed by atoms with Crippen molar-refractivity contribution in [2.45, 2.75) is 63.3 Å². The third-order valence-electron chi connectivity index (χ3n) is 6.17. The average Bonchev–Trinajstić information content (AvgIpc) is 3.39. The molecule has 1 aliphatic carbocycles. The van der Waals surface area contributed by atoms with E-state index in [-0.39, 0.29) is 35.9 Å². The molecule has 2 N–H and O–H groups in total. The van der Waals surface area contributed by atoms with Crippen LogP contribution in [0.1, 0.15) is 31.7 Å². The fraction of sp³-hybridized carbons (Fsp3) is 0.545. The normalized spacial score (nSPS) is 27.1. The fourth-order valence-corrected chi connectivity index (χ4v) is 6.30. The zero-order valence-corrected chi connectivity index (χ0v) is 20.8. The summed E-state index contributed by atoms with van der Waals surface area (Å²) in [4.78, 5) is 18.3. The fourth-order valence-electron chi connectivity index (χ4n) is 4.71. The van der Waals surface area contributed by atoms with Gasteiger partial charge in [-0.2, -0.15) is 9.97 Å². The number of aliphatic hydroxyl groups excluding tert-OH is 1. The quantitative estimate of drug-likeness (QED) is 0.411. The van der Waals surface area contributed by atoms with Gasteiger partial charge in [0.05, 0.1) is 33.8 Å². The second kappa shape index (κ2) is 8.40. The third-order valence-corrected chi connectivity index (χ3v) is 7.90. The predicted octanol–water partition coefficient (Wildman–Crippen LogP) is 2.82. The Morgan fingerprint density at radius 3 is 2.67 bits per heavy atom. The number of hydrogen-bond acceptors (Lipinski definition) is 10. The van der Waals surface area contributed by atoms with Crippen LogP contribution in [0.5, 0.6) is 0 Å². The molecule has 11 heteroatoms. The van der Waals surface area contributed by atoms with Crippen molar-refractivity contribution < 1.29 is 19.1 Å². The average molecular weight is 490 g/mol. The van der Waals surface area contributed by atoms with Gasteiger partial charge in [0.2, 0.25) is 0 Å². The van der Waals surface area contributed by atoms with E-state index in [0.29, 0.717) is 17.9 Å². The molecule has 4 heterocycles. The standard InChI is InChI=1S/C22H27N5O4S2/c1-10-15(20-26-16-11(2)23-7-6-14(16)32-20)19(27-21(24-10)33(5)29)25-13-8-12(9-28)17-18(13)31-22(3,4)30-17/h6-7,12-13,17-18,28H,8-9H2,1-5H3,(H,24,25,27)/t12-,13-,17-,18+,33?/m1/s1. The topological polar surface area (TPSA) is 125 Å². The van der Waals surface area contributed by atoms with E-state index in [2.05, 4.69) is 20.3 Å². The highest BCUT2D eigenvalue weighted by Crippen LogP contribution is 2.44. The van der Waals surface area contributed by atoms with E-state index in [9.17, 15) is 9.66 Å². The summed E-state index contributed by atoms with van der Waals surface area (Å²) in [7, 11) is 0. The number of aromatic nitrogens is 4. The molecule has 2 aliphatic rings. The molecule has 2 fully saturated rings. The van der Waals surface area contributed by atoms with Crippen molar-refractivity contribution in [2.24, 2.45) is 5.92 Å². The number of nitrogens with one attached hydrogen (secondary N) is 1. The van der Waals surface area contributed by atoms with Crippen molar-refractivity contribution in [2.75, 3.05) is 18.2 Å². The van der Waals surface area contributed by atoms with Gasteiger partial charge in [-0.3, -0.25) is 4.98 Å². The molecule has 3 aromatic heterocycles. The Bertz CT molecular complexity index is 1200. The molecule has 5 atom stereocenters. The van der Waals surface area contributed by atoms with Crippen molar-refractivity contribution in [3.8, 4) is 10.6 Å². The molecule has 1 saturated heterocycles. The van der Waals surface area contributed by atoms with E-state index >= 15 is 0 Å². The zero-order chi connectivity index (χ0) is 23.5. The minimum Gasteiger partial charge on any atom is -0.609 e. The van der Waals surface area contributed by atoms with Gasteiger partial charge >= 0.3 is 5.16 Å². The molecule has 0 radical (unpaired) electrons. The first-order chi connectivity index (χ1) is 15.7. The molecule has 1 aliphatic heterocycles. The molecule has 0 bridgehead atoms. The van der Waals surface area contributed by atoms with Gasteiger partial charge in [0, 0.05) is 29.9 Å². The summed E-state index contributed by atoms with van der Waals surface area (Å²) in [6, 6.07) is 1.81. The van der Waals surface area contributed by atoms with Crippen LogP contribution in [0.25, 0.3) is 20.8 Å². The van der Waals surface area contributed by atoms with E-state index in [1.807, 2.05) is 33.8 Å². The summed E-state index contributed by atoms with van der Waals surface area (Å²) in [6.07, 6.45) is 3.56. The van der Waals surface area contributed by atoms with Crippen LogP contribution in [-0.4, -0.2) is 66.5 Å². The highest BCUT2D eigenvalue weighted by Gasteiger charge is 2.54. The van der Waals surface area contributed by atoms with Crippen LogP contribution in [0.4, 0.5) is 5.82 Å².